The normalized spacial score (nSPS) is 10.3. The highest BCUT2D eigenvalue weighted by Gasteiger charge is 2.10. The molecule has 0 aliphatic carbocycles. The molecule has 0 atom stereocenters. The molecular formula is C17H15N5O3. The van der Waals surface area contributed by atoms with Crippen LogP contribution in [-0.2, 0) is 0 Å². The molecule has 3 rings (SSSR count). The van der Waals surface area contributed by atoms with Crippen LogP contribution in [0, 0.1) is 6.92 Å². The number of carbonyl (C=O) groups excluding carboxylic acids is 2. The Bertz CT molecular complexity index is 918. The number of rotatable bonds is 5. The third-order valence-corrected chi connectivity index (χ3v) is 3.31. The summed E-state index contributed by atoms with van der Waals surface area (Å²) in [6, 6.07) is 8.41. The average Bonchev–Trinajstić information content (AvgIpc) is 3.00. The fraction of sp³-hybridized carbons (Fsp3) is 0.118. The average molecular weight is 337 g/mol. The van der Waals surface area contributed by atoms with Crippen molar-refractivity contribution in [2.75, 3.05) is 10.6 Å². The molecule has 0 aliphatic rings. The van der Waals surface area contributed by atoms with Gasteiger partial charge >= 0.3 is 0 Å². The number of amides is 1. The standard InChI is InChI=1S/C17H15N5O3/c1-10-6-15(22-25-10)21-17-18-8-13(9-19-17)16(24)20-14-5-3-4-12(7-14)11(2)23/h3-9H,1-2H3,(H,20,24)(H,18,19,21,22). The van der Waals surface area contributed by atoms with Gasteiger partial charge in [-0.15, -0.1) is 0 Å². The Kier molecular flexibility index (Phi) is 4.51. The first kappa shape index (κ1) is 16.3. The van der Waals surface area contributed by atoms with Crippen LogP contribution in [0.4, 0.5) is 17.5 Å². The Balaban J connectivity index is 1.68. The van der Waals surface area contributed by atoms with Crippen molar-refractivity contribution in [2.24, 2.45) is 0 Å². The van der Waals surface area contributed by atoms with Gasteiger partial charge in [0.15, 0.2) is 11.6 Å². The fourth-order valence-corrected chi connectivity index (χ4v) is 2.07. The molecular weight excluding hydrogens is 322 g/mol. The number of ketones is 1. The molecule has 0 bridgehead atoms. The molecule has 0 radical (unpaired) electrons. The highest BCUT2D eigenvalue weighted by Crippen LogP contribution is 2.14. The van der Waals surface area contributed by atoms with Gasteiger partial charge in [0.05, 0.1) is 5.56 Å². The number of hydrogen-bond donors (Lipinski definition) is 2. The summed E-state index contributed by atoms with van der Waals surface area (Å²) in [5, 5.41) is 9.35. The van der Waals surface area contributed by atoms with E-state index in [0.29, 0.717) is 28.8 Å². The molecule has 1 amide bonds. The molecule has 2 heterocycles. The van der Waals surface area contributed by atoms with Gasteiger partial charge < -0.3 is 15.2 Å². The summed E-state index contributed by atoms with van der Waals surface area (Å²) in [7, 11) is 0. The zero-order valence-corrected chi connectivity index (χ0v) is 13.6. The second-order valence-corrected chi connectivity index (χ2v) is 5.33. The van der Waals surface area contributed by atoms with Crippen LogP contribution in [0.2, 0.25) is 0 Å². The van der Waals surface area contributed by atoms with Gasteiger partial charge in [-0.1, -0.05) is 17.3 Å². The molecule has 0 unspecified atom stereocenters. The summed E-state index contributed by atoms with van der Waals surface area (Å²) in [6.07, 6.45) is 2.79. The number of nitrogens with zero attached hydrogens (tertiary/aromatic N) is 3. The Labute approximate surface area is 143 Å². The maximum Gasteiger partial charge on any atom is 0.258 e. The second kappa shape index (κ2) is 6.91. The maximum atomic E-state index is 12.2. The van der Waals surface area contributed by atoms with Crippen LogP contribution in [-0.4, -0.2) is 26.8 Å². The Morgan fingerprint density at radius 2 is 1.84 bits per heavy atom. The van der Waals surface area contributed by atoms with Crippen LogP contribution in [0.1, 0.15) is 33.4 Å². The lowest BCUT2D eigenvalue weighted by molar-refractivity contribution is 0.101. The monoisotopic (exact) mass is 337 g/mol. The van der Waals surface area contributed by atoms with E-state index >= 15 is 0 Å². The van der Waals surface area contributed by atoms with Crippen molar-refractivity contribution < 1.29 is 14.1 Å². The number of benzene rings is 1. The largest absolute Gasteiger partial charge is 0.360 e. The van der Waals surface area contributed by atoms with Crippen LogP contribution in [0.3, 0.4) is 0 Å². The van der Waals surface area contributed by atoms with Gasteiger partial charge in [-0.25, -0.2) is 9.97 Å². The number of aryl methyl sites for hydroxylation is 1. The second-order valence-electron chi connectivity index (χ2n) is 5.33. The number of carbonyl (C=O) groups is 2. The molecule has 0 aliphatic heterocycles. The highest BCUT2D eigenvalue weighted by atomic mass is 16.5. The summed E-state index contributed by atoms with van der Waals surface area (Å²) in [5.74, 6) is 0.993. The third kappa shape index (κ3) is 4.05. The molecule has 2 N–H and O–H groups in total. The first-order valence-corrected chi connectivity index (χ1v) is 7.46. The minimum Gasteiger partial charge on any atom is -0.360 e. The van der Waals surface area contributed by atoms with Gasteiger partial charge in [0.2, 0.25) is 5.95 Å². The van der Waals surface area contributed by atoms with Gasteiger partial charge in [0.25, 0.3) is 5.91 Å². The third-order valence-electron chi connectivity index (χ3n) is 3.31. The summed E-state index contributed by atoms with van der Waals surface area (Å²) in [5.41, 5.74) is 1.34. The molecule has 8 nitrogen and oxygen atoms in total. The lowest BCUT2D eigenvalue weighted by Crippen LogP contribution is -2.13. The van der Waals surface area contributed by atoms with Crippen molar-refractivity contribution in [1.29, 1.82) is 0 Å². The number of nitrogens with one attached hydrogen (secondary N) is 2. The van der Waals surface area contributed by atoms with Gasteiger partial charge in [0.1, 0.15) is 5.76 Å². The first-order valence-electron chi connectivity index (χ1n) is 7.46. The topological polar surface area (TPSA) is 110 Å². The SMILES string of the molecule is CC(=O)c1cccc(NC(=O)c2cnc(Nc3cc(C)on3)nc2)c1. The van der Waals surface area contributed by atoms with E-state index in [-0.39, 0.29) is 17.3 Å². The zero-order valence-electron chi connectivity index (χ0n) is 13.6. The quantitative estimate of drug-likeness (QED) is 0.689. The molecule has 0 saturated heterocycles. The van der Waals surface area contributed by atoms with E-state index in [1.807, 2.05) is 0 Å². The Morgan fingerprint density at radius 1 is 1.08 bits per heavy atom. The van der Waals surface area contributed by atoms with Crippen molar-refractivity contribution in [3.8, 4) is 0 Å². The van der Waals surface area contributed by atoms with Crippen LogP contribution in [0.15, 0.2) is 47.2 Å². The lowest BCUT2D eigenvalue weighted by atomic mass is 10.1. The van der Waals surface area contributed by atoms with Crippen molar-refractivity contribution in [3.05, 3.63) is 59.6 Å². The van der Waals surface area contributed by atoms with Crippen molar-refractivity contribution >= 4 is 29.1 Å². The lowest BCUT2D eigenvalue weighted by Gasteiger charge is -2.06. The molecule has 0 fully saturated rings. The number of hydrogen-bond acceptors (Lipinski definition) is 7. The number of aromatic nitrogens is 3. The minimum absolute atomic E-state index is 0.0713. The van der Waals surface area contributed by atoms with E-state index < -0.39 is 0 Å². The van der Waals surface area contributed by atoms with E-state index in [9.17, 15) is 9.59 Å². The Morgan fingerprint density at radius 3 is 2.48 bits per heavy atom. The Hall–Kier alpha value is -3.55. The minimum atomic E-state index is -0.371. The molecule has 1 aromatic carbocycles. The van der Waals surface area contributed by atoms with Crippen LogP contribution < -0.4 is 10.6 Å². The predicted molar refractivity (Wildman–Crippen MR) is 91.0 cm³/mol. The van der Waals surface area contributed by atoms with E-state index in [1.54, 1.807) is 37.3 Å². The molecule has 126 valence electrons. The zero-order chi connectivity index (χ0) is 17.8. The summed E-state index contributed by atoms with van der Waals surface area (Å²) < 4.78 is 4.94. The van der Waals surface area contributed by atoms with E-state index in [1.165, 1.54) is 19.3 Å². The number of anilines is 3. The predicted octanol–water partition coefficient (Wildman–Crippen LogP) is 2.97. The molecule has 0 spiro atoms. The van der Waals surface area contributed by atoms with Gasteiger partial charge in [-0.3, -0.25) is 9.59 Å². The molecule has 25 heavy (non-hydrogen) atoms. The van der Waals surface area contributed by atoms with Crippen LogP contribution in [0.25, 0.3) is 0 Å². The maximum absolute atomic E-state index is 12.2. The van der Waals surface area contributed by atoms with Crippen LogP contribution >= 0.6 is 0 Å². The first-order chi connectivity index (χ1) is 12.0. The van der Waals surface area contributed by atoms with E-state index in [2.05, 4.69) is 25.8 Å². The van der Waals surface area contributed by atoms with E-state index in [0.717, 1.165) is 0 Å². The van der Waals surface area contributed by atoms with E-state index in [4.69, 9.17) is 4.52 Å². The molecule has 0 saturated carbocycles. The smallest absolute Gasteiger partial charge is 0.258 e. The van der Waals surface area contributed by atoms with Crippen molar-refractivity contribution in [3.63, 3.8) is 0 Å². The van der Waals surface area contributed by atoms with Crippen molar-refractivity contribution in [1.82, 2.24) is 15.1 Å². The molecule has 3 aromatic rings. The van der Waals surface area contributed by atoms with Crippen LogP contribution in [0.5, 0.6) is 0 Å². The van der Waals surface area contributed by atoms with Gasteiger partial charge in [-0.2, -0.15) is 0 Å². The molecule has 2 aromatic heterocycles. The highest BCUT2D eigenvalue weighted by molar-refractivity contribution is 6.04. The summed E-state index contributed by atoms with van der Waals surface area (Å²) in [4.78, 5) is 31.8. The summed E-state index contributed by atoms with van der Waals surface area (Å²) in [6.45, 7) is 3.24. The van der Waals surface area contributed by atoms with Gasteiger partial charge in [-0.05, 0) is 26.0 Å². The number of Topliss-reactive ketones (excluding diaryl/α,β-unsaturated/α-hetero) is 1. The summed E-state index contributed by atoms with van der Waals surface area (Å²) >= 11 is 0. The molecule has 8 heteroatoms. The fourth-order valence-electron chi connectivity index (χ4n) is 2.07. The van der Waals surface area contributed by atoms with Gasteiger partial charge in [0, 0.05) is 29.7 Å². The van der Waals surface area contributed by atoms with Crippen molar-refractivity contribution in [2.45, 2.75) is 13.8 Å².